The molecule has 4 rings (SSSR count). The van der Waals surface area contributed by atoms with E-state index in [1.165, 1.54) is 11.8 Å². The standard InChI is InChI=1S/C21H22N4O3S2/c1-3-24(15-8-9-30(27,28)13-15)19(26)12-29-20-10-14(2)16(11-22)21-23-17-6-4-5-7-18(17)25(20)21/h4-7,10,15H,3,8-9,12-13H2,1-2H3/t15-/m0/s1. The summed E-state index contributed by atoms with van der Waals surface area (Å²) >= 11 is 1.39. The zero-order valence-corrected chi connectivity index (χ0v) is 18.5. The zero-order chi connectivity index (χ0) is 21.5. The first-order valence-corrected chi connectivity index (χ1v) is 12.6. The molecule has 1 amide bonds. The molecule has 0 N–H and O–H groups in total. The molecule has 0 aliphatic carbocycles. The number of sulfone groups is 1. The van der Waals surface area contributed by atoms with Gasteiger partial charge in [0.1, 0.15) is 6.07 Å². The van der Waals surface area contributed by atoms with Crippen LogP contribution >= 0.6 is 11.8 Å². The number of rotatable bonds is 5. The van der Waals surface area contributed by atoms with Crippen molar-refractivity contribution in [2.75, 3.05) is 23.8 Å². The number of para-hydroxylation sites is 2. The maximum absolute atomic E-state index is 12.9. The van der Waals surface area contributed by atoms with Crippen molar-refractivity contribution in [3.05, 3.63) is 41.5 Å². The molecular formula is C21H22N4O3S2. The quantitative estimate of drug-likeness (QED) is 0.564. The number of imidazole rings is 1. The van der Waals surface area contributed by atoms with Gasteiger partial charge in [0.05, 0.1) is 38.9 Å². The Bertz CT molecular complexity index is 1290. The Kier molecular flexibility index (Phi) is 5.47. The van der Waals surface area contributed by atoms with Crippen molar-refractivity contribution in [2.24, 2.45) is 0 Å². The van der Waals surface area contributed by atoms with E-state index in [9.17, 15) is 18.5 Å². The number of amides is 1. The zero-order valence-electron chi connectivity index (χ0n) is 16.8. The molecule has 1 aromatic carbocycles. The summed E-state index contributed by atoms with van der Waals surface area (Å²) in [6, 6.07) is 11.6. The Morgan fingerprint density at radius 2 is 2.17 bits per heavy atom. The van der Waals surface area contributed by atoms with Gasteiger partial charge in [-0.1, -0.05) is 23.9 Å². The van der Waals surface area contributed by atoms with Crippen LogP contribution in [0.3, 0.4) is 0 Å². The van der Waals surface area contributed by atoms with Crippen LogP contribution in [0.5, 0.6) is 0 Å². The summed E-state index contributed by atoms with van der Waals surface area (Å²) in [4.78, 5) is 19.2. The highest BCUT2D eigenvalue weighted by Crippen LogP contribution is 2.30. The van der Waals surface area contributed by atoms with E-state index in [0.717, 1.165) is 21.6 Å². The van der Waals surface area contributed by atoms with Crippen LogP contribution in [0.2, 0.25) is 0 Å². The van der Waals surface area contributed by atoms with Gasteiger partial charge in [-0.25, -0.2) is 13.4 Å². The molecule has 1 saturated heterocycles. The normalized spacial score (nSPS) is 18.0. The topological polar surface area (TPSA) is 95.5 Å². The van der Waals surface area contributed by atoms with E-state index in [0.29, 0.717) is 24.2 Å². The minimum absolute atomic E-state index is 0.0453. The minimum Gasteiger partial charge on any atom is -0.338 e. The summed E-state index contributed by atoms with van der Waals surface area (Å²) in [5.41, 5.74) is 3.59. The number of aryl methyl sites for hydroxylation is 1. The van der Waals surface area contributed by atoms with Crippen molar-refractivity contribution >= 4 is 44.2 Å². The van der Waals surface area contributed by atoms with Gasteiger partial charge in [-0.05, 0) is 44.0 Å². The van der Waals surface area contributed by atoms with Gasteiger partial charge in [-0.2, -0.15) is 5.26 Å². The first kappa shape index (κ1) is 20.7. The Balaban J connectivity index is 1.66. The molecule has 0 spiro atoms. The molecular weight excluding hydrogens is 420 g/mol. The third-order valence-electron chi connectivity index (χ3n) is 5.50. The summed E-state index contributed by atoms with van der Waals surface area (Å²) in [7, 11) is -3.05. The van der Waals surface area contributed by atoms with Gasteiger partial charge in [-0.3, -0.25) is 9.20 Å². The fourth-order valence-corrected chi connectivity index (χ4v) is 6.78. The van der Waals surface area contributed by atoms with Crippen LogP contribution in [-0.4, -0.2) is 58.5 Å². The lowest BCUT2D eigenvalue weighted by atomic mass is 10.2. The molecule has 2 aromatic heterocycles. The second-order valence-electron chi connectivity index (χ2n) is 7.44. The van der Waals surface area contributed by atoms with E-state index in [2.05, 4.69) is 11.1 Å². The Hall–Kier alpha value is -2.57. The minimum atomic E-state index is -3.05. The Morgan fingerprint density at radius 3 is 2.83 bits per heavy atom. The summed E-state index contributed by atoms with van der Waals surface area (Å²) in [5.74, 6) is 0.302. The number of hydrogen-bond donors (Lipinski definition) is 0. The largest absolute Gasteiger partial charge is 0.338 e. The predicted molar refractivity (Wildman–Crippen MR) is 117 cm³/mol. The van der Waals surface area contributed by atoms with E-state index < -0.39 is 9.84 Å². The van der Waals surface area contributed by atoms with Crippen molar-refractivity contribution < 1.29 is 13.2 Å². The van der Waals surface area contributed by atoms with Crippen LogP contribution in [0, 0.1) is 18.3 Å². The van der Waals surface area contributed by atoms with Gasteiger partial charge in [0, 0.05) is 12.6 Å². The third-order valence-corrected chi connectivity index (χ3v) is 8.24. The number of pyridine rings is 1. The molecule has 1 aliphatic rings. The molecule has 0 bridgehead atoms. The number of nitriles is 1. The summed E-state index contributed by atoms with van der Waals surface area (Å²) < 4.78 is 25.6. The maximum atomic E-state index is 12.9. The van der Waals surface area contributed by atoms with E-state index >= 15 is 0 Å². The average molecular weight is 443 g/mol. The van der Waals surface area contributed by atoms with Crippen molar-refractivity contribution in [3.63, 3.8) is 0 Å². The van der Waals surface area contributed by atoms with Gasteiger partial charge in [0.15, 0.2) is 15.5 Å². The van der Waals surface area contributed by atoms with Gasteiger partial charge < -0.3 is 4.90 Å². The number of carbonyl (C=O) groups excluding carboxylic acids is 1. The molecule has 9 heteroatoms. The van der Waals surface area contributed by atoms with E-state index in [1.807, 2.05) is 48.6 Å². The first-order valence-electron chi connectivity index (χ1n) is 9.78. The predicted octanol–water partition coefficient (Wildman–Crippen LogP) is 2.80. The molecule has 1 fully saturated rings. The highest BCUT2D eigenvalue weighted by molar-refractivity contribution is 7.99. The highest BCUT2D eigenvalue weighted by atomic mass is 32.2. The maximum Gasteiger partial charge on any atom is 0.233 e. The van der Waals surface area contributed by atoms with Crippen LogP contribution in [0.4, 0.5) is 0 Å². The van der Waals surface area contributed by atoms with Crippen molar-refractivity contribution in [2.45, 2.75) is 31.3 Å². The third kappa shape index (κ3) is 3.66. The van der Waals surface area contributed by atoms with Crippen LogP contribution in [0.25, 0.3) is 16.7 Å². The number of benzene rings is 1. The van der Waals surface area contributed by atoms with E-state index in [-0.39, 0.29) is 29.2 Å². The van der Waals surface area contributed by atoms with Crippen molar-refractivity contribution in [3.8, 4) is 6.07 Å². The molecule has 156 valence electrons. The molecule has 3 aromatic rings. The lowest BCUT2D eigenvalue weighted by Gasteiger charge is -2.26. The molecule has 7 nitrogen and oxygen atoms in total. The fraction of sp³-hybridized carbons (Fsp3) is 0.381. The monoisotopic (exact) mass is 442 g/mol. The van der Waals surface area contributed by atoms with Crippen molar-refractivity contribution in [1.29, 1.82) is 5.26 Å². The molecule has 0 saturated carbocycles. The number of carbonyl (C=O) groups is 1. The van der Waals surface area contributed by atoms with E-state index in [1.54, 1.807) is 4.90 Å². The van der Waals surface area contributed by atoms with Crippen LogP contribution < -0.4 is 0 Å². The lowest BCUT2D eigenvalue weighted by molar-refractivity contribution is -0.129. The van der Waals surface area contributed by atoms with Crippen LogP contribution in [-0.2, 0) is 14.6 Å². The van der Waals surface area contributed by atoms with Crippen LogP contribution in [0.1, 0.15) is 24.5 Å². The smallest absolute Gasteiger partial charge is 0.233 e. The van der Waals surface area contributed by atoms with Crippen LogP contribution in [0.15, 0.2) is 35.4 Å². The fourth-order valence-electron chi connectivity index (χ4n) is 4.04. The van der Waals surface area contributed by atoms with Gasteiger partial charge in [0.25, 0.3) is 0 Å². The molecule has 0 unspecified atom stereocenters. The average Bonchev–Trinajstić information content (AvgIpc) is 3.26. The summed E-state index contributed by atoms with van der Waals surface area (Å²) in [6.45, 7) is 4.22. The second kappa shape index (κ2) is 7.93. The van der Waals surface area contributed by atoms with E-state index in [4.69, 9.17) is 0 Å². The van der Waals surface area contributed by atoms with Gasteiger partial charge in [-0.15, -0.1) is 0 Å². The Morgan fingerprint density at radius 1 is 1.40 bits per heavy atom. The molecule has 3 heterocycles. The molecule has 1 aliphatic heterocycles. The Labute approximate surface area is 179 Å². The summed E-state index contributed by atoms with van der Waals surface area (Å²) in [6.07, 6.45) is 0.499. The number of hydrogen-bond acceptors (Lipinski definition) is 6. The summed E-state index contributed by atoms with van der Waals surface area (Å²) in [5, 5.41) is 10.4. The number of nitrogens with zero attached hydrogens (tertiary/aromatic N) is 4. The molecule has 1 atom stereocenters. The van der Waals surface area contributed by atoms with Crippen molar-refractivity contribution in [1.82, 2.24) is 14.3 Å². The second-order valence-corrected chi connectivity index (χ2v) is 10.7. The number of aromatic nitrogens is 2. The lowest BCUT2D eigenvalue weighted by Crippen LogP contribution is -2.41. The highest BCUT2D eigenvalue weighted by Gasteiger charge is 2.33. The number of fused-ring (bicyclic) bond motifs is 3. The first-order chi connectivity index (χ1) is 14.3. The van der Waals surface area contributed by atoms with Gasteiger partial charge in [0.2, 0.25) is 5.91 Å². The molecule has 30 heavy (non-hydrogen) atoms. The SMILES string of the molecule is CCN(C(=O)CSc1cc(C)c(C#N)c2nc3ccccc3n12)[C@H]1CCS(=O)(=O)C1. The molecule has 0 radical (unpaired) electrons. The van der Waals surface area contributed by atoms with Gasteiger partial charge >= 0.3 is 0 Å². The number of thioether (sulfide) groups is 1.